The van der Waals surface area contributed by atoms with Gasteiger partial charge in [0.05, 0.1) is 5.41 Å². The van der Waals surface area contributed by atoms with Crippen LogP contribution in [0.15, 0.2) is 60.8 Å². The van der Waals surface area contributed by atoms with E-state index in [1.807, 2.05) is 43.3 Å². The number of benzene rings is 2. The van der Waals surface area contributed by atoms with Crippen molar-refractivity contribution in [3.63, 3.8) is 0 Å². The SMILES string of the molecule is Cc1ccc(C(=O)Nc2ccccn2)cc1-c1ccc2c(c1)NC(=O)C21CCCC1. The molecule has 0 saturated heterocycles. The van der Waals surface area contributed by atoms with Crippen molar-refractivity contribution in [1.82, 2.24) is 4.98 Å². The molecule has 0 unspecified atom stereocenters. The van der Waals surface area contributed by atoms with Crippen molar-refractivity contribution in [3.8, 4) is 11.1 Å². The number of anilines is 2. The summed E-state index contributed by atoms with van der Waals surface area (Å²) in [6.07, 6.45) is 5.69. The van der Waals surface area contributed by atoms with Gasteiger partial charge >= 0.3 is 0 Å². The normalized spacial score (nSPS) is 16.4. The van der Waals surface area contributed by atoms with Gasteiger partial charge in [-0.3, -0.25) is 9.59 Å². The molecule has 1 fully saturated rings. The summed E-state index contributed by atoms with van der Waals surface area (Å²) in [6, 6.07) is 17.3. The number of aryl methyl sites for hydroxylation is 1. The maximum atomic E-state index is 12.7. The van der Waals surface area contributed by atoms with Crippen LogP contribution in [-0.2, 0) is 10.2 Å². The predicted molar refractivity (Wildman–Crippen MR) is 118 cm³/mol. The molecule has 1 saturated carbocycles. The first-order valence-corrected chi connectivity index (χ1v) is 10.4. The van der Waals surface area contributed by atoms with Crippen molar-refractivity contribution in [2.75, 3.05) is 10.6 Å². The summed E-state index contributed by atoms with van der Waals surface area (Å²) in [4.78, 5) is 29.6. The molecule has 2 amide bonds. The van der Waals surface area contributed by atoms with Gasteiger partial charge in [0.15, 0.2) is 0 Å². The third-order valence-corrected chi connectivity index (χ3v) is 6.39. The minimum absolute atomic E-state index is 0.132. The van der Waals surface area contributed by atoms with E-state index in [4.69, 9.17) is 0 Å². The Bertz CT molecular complexity index is 1150. The van der Waals surface area contributed by atoms with Crippen molar-refractivity contribution < 1.29 is 9.59 Å². The average molecular weight is 397 g/mol. The van der Waals surface area contributed by atoms with Crippen LogP contribution < -0.4 is 10.6 Å². The van der Waals surface area contributed by atoms with E-state index in [0.717, 1.165) is 53.6 Å². The van der Waals surface area contributed by atoms with Gasteiger partial charge in [-0.1, -0.05) is 37.1 Å². The Balaban J connectivity index is 1.48. The van der Waals surface area contributed by atoms with Gasteiger partial charge in [0, 0.05) is 17.4 Å². The standard InChI is InChI=1S/C25H23N3O2/c1-16-7-8-18(23(29)28-22-6-2-5-13-26-22)14-19(16)17-9-10-20-21(15-17)27-24(30)25(20)11-3-4-12-25/h2,5-10,13-15H,3-4,11-12H2,1H3,(H,27,30)(H,26,28,29). The summed E-state index contributed by atoms with van der Waals surface area (Å²) in [6.45, 7) is 2.03. The molecule has 5 heteroatoms. The number of carbonyl (C=O) groups is 2. The highest BCUT2D eigenvalue weighted by atomic mass is 16.2. The number of hydrogen-bond acceptors (Lipinski definition) is 3. The van der Waals surface area contributed by atoms with Gasteiger partial charge in [-0.25, -0.2) is 4.98 Å². The molecule has 1 spiro atoms. The van der Waals surface area contributed by atoms with Gasteiger partial charge in [0.1, 0.15) is 5.82 Å². The van der Waals surface area contributed by atoms with Crippen LogP contribution in [0.25, 0.3) is 11.1 Å². The first-order valence-electron chi connectivity index (χ1n) is 10.4. The molecular formula is C25H23N3O2. The lowest BCUT2D eigenvalue weighted by Gasteiger charge is -2.20. The largest absolute Gasteiger partial charge is 0.325 e. The number of aromatic nitrogens is 1. The third kappa shape index (κ3) is 2.98. The van der Waals surface area contributed by atoms with Crippen molar-refractivity contribution in [2.45, 2.75) is 38.0 Å². The van der Waals surface area contributed by atoms with E-state index < -0.39 is 0 Å². The van der Waals surface area contributed by atoms with E-state index in [2.05, 4.69) is 27.8 Å². The van der Waals surface area contributed by atoms with Crippen molar-refractivity contribution in [1.29, 1.82) is 0 Å². The smallest absolute Gasteiger partial charge is 0.256 e. The molecule has 0 radical (unpaired) electrons. The molecule has 2 aromatic carbocycles. The highest BCUT2D eigenvalue weighted by Gasteiger charge is 2.48. The Labute approximate surface area is 175 Å². The van der Waals surface area contributed by atoms with Crippen molar-refractivity contribution >= 4 is 23.3 Å². The Morgan fingerprint density at radius 3 is 2.67 bits per heavy atom. The van der Waals surface area contributed by atoms with E-state index in [1.165, 1.54) is 0 Å². The summed E-state index contributed by atoms with van der Waals surface area (Å²) >= 11 is 0. The molecule has 1 aliphatic carbocycles. The monoisotopic (exact) mass is 397 g/mol. The number of nitrogens with zero attached hydrogens (tertiary/aromatic N) is 1. The van der Waals surface area contributed by atoms with Crippen LogP contribution in [0.4, 0.5) is 11.5 Å². The third-order valence-electron chi connectivity index (χ3n) is 6.39. The highest BCUT2D eigenvalue weighted by Crippen LogP contribution is 2.49. The van der Waals surface area contributed by atoms with E-state index in [0.29, 0.717) is 11.4 Å². The second-order valence-corrected chi connectivity index (χ2v) is 8.20. The van der Waals surface area contributed by atoms with Gasteiger partial charge in [0.2, 0.25) is 5.91 Å². The average Bonchev–Trinajstić information content (AvgIpc) is 3.35. The second kappa shape index (κ2) is 7.10. The Morgan fingerprint density at radius 2 is 1.90 bits per heavy atom. The van der Waals surface area contributed by atoms with Gasteiger partial charge < -0.3 is 10.6 Å². The quantitative estimate of drug-likeness (QED) is 0.648. The molecule has 0 bridgehead atoms. The first kappa shape index (κ1) is 18.6. The van der Waals surface area contributed by atoms with Crippen LogP contribution in [0.5, 0.6) is 0 Å². The lowest BCUT2D eigenvalue weighted by Crippen LogP contribution is -2.30. The van der Waals surface area contributed by atoms with Crippen LogP contribution in [0.2, 0.25) is 0 Å². The van der Waals surface area contributed by atoms with Crippen LogP contribution in [-0.4, -0.2) is 16.8 Å². The molecule has 2 heterocycles. The zero-order valence-corrected chi connectivity index (χ0v) is 16.9. The predicted octanol–water partition coefficient (Wildman–Crippen LogP) is 5.07. The number of carbonyl (C=O) groups excluding carboxylic acids is 2. The van der Waals surface area contributed by atoms with Crippen LogP contribution >= 0.6 is 0 Å². The molecule has 3 aromatic rings. The fourth-order valence-electron chi connectivity index (χ4n) is 4.77. The zero-order valence-electron chi connectivity index (χ0n) is 16.9. The van der Waals surface area contributed by atoms with Gasteiger partial charge in [-0.05, 0) is 72.4 Å². The fraction of sp³-hybridized carbons (Fsp3) is 0.240. The molecule has 2 N–H and O–H groups in total. The maximum Gasteiger partial charge on any atom is 0.256 e. The van der Waals surface area contributed by atoms with E-state index >= 15 is 0 Å². The highest BCUT2D eigenvalue weighted by molar-refractivity contribution is 6.07. The molecule has 0 atom stereocenters. The van der Waals surface area contributed by atoms with E-state index in [9.17, 15) is 9.59 Å². The van der Waals surface area contributed by atoms with Crippen molar-refractivity contribution in [2.24, 2.45) is 0 Å². The van der Waals surface area contributed by atoms with Gasteiger partial charge in [-0.15, -0.1) is 0 Å². The summed E-state index contributed by atoms with van der Waals surface area (Å²) in [5.74, 6) is 0.452. The zero-order chi connectivity index (χ0) is 20.7. The van der Waals surface area contributed by atoms with Gasteiger partial charge in [-0.2, -0.15) is 0 Å². The summed E-state index contributed by atoms with van der Waals surface area (Å²) < 4.78 is 0. The van der Waals surface area contributed by atoms with Crippen LogP contribution in [0.1, 0.15) is 47.2 Å². The number of amides is 2. The molecular weight excluding hydrogens is 374 g/mol. The minimum atomic E-state index is -0.340. The van der Waals surface area contributed by atoms with Crippen molar-refractivity contribution in [3.05, 3.63) is 77.5 Å². The maximum absolute atomic E-state index is 12.7. The molecule has 2 aliphatic rings. The number of hydrogen-bond donors (Lipinski definition) is 2. The van der Waals surface area contributed by atoms with Crippen LogP contribution in [0, 0.1) is 6.92 Å². The summed E-state index contributed by atoms with van der Waals surface area (Å²) in [5.41, 5.74) is 5.30. The minimum Gasteiger partial charge on any atom is -0.325 e. The lowest BCUT2D eigenvalue weighted by atomic mass is 9.79. The molecule has 5 rings (SSSR count). The number of pyridine rings is 1. The molecule has 5 nitrogen and oxygen atoms in total. The number of rotatable bonds is 3. The summed E-state index contributed by atoms with van der Waals surface area (Å²) in [7, 11) is 0. The Kier molecular flexibility index (Phi) is 4.39. The molecule has 30 heavy (non-hydrogen) atoms. The van der Waals surface area contributed by atoms with E-state index in [1.54, 1.807) is 12.3 Å². The van der Waals surface area contributed by atoms with Crippen LogP contribution in [0.3, 0.4) is 0 Å². The Morgan fingerprint density at radius 1 is 1.07 bits per heavy atom. The van der Waals surface area contributed by atoms with Gasteiger partial charge in [0.25, 0.3) is 5.91 Å². The van der Waals surface area contributed by atoms with E-state index in [-0.39, 0.29) is 17.2 Å². The molecule has 1 aromatic heterocycles. The topological polar surface area (TPSA) is 71.1 Å². The lowest BCUT2D eigenvalue weighted by molar-refractivity contribution is -0.120. The number of fused-ring (bicyclic) bond motifs is 2. The summed E-state index contributed by atoms with van der Waals surface area (Å²) in [5, 5.41) is 5.93. The first-order chi connectivity index (χ1) is 14.6. The fourth-order valence-corrected chi connectivity index (χ4v) is 4.77. The molecule has 1 aliphatic heterocycles. The Hall–Kier alpha value is -3.47. The molecule has 150 valence electrons. The number of nitrogens with one attached hydrogen (secondary N) is 2. The second-order valence-electron chi connectivity index (χ2n) is 8.20.